The van der Waals surface area contributed by atoms with Crippen molar-refractivity contribution in [2.24, 2.45) is 0 Å². The van der Waals surface area contributed by atoms with Crippen molar-refractivity contribution in [1.29, 1.82) is 5.26 Å². The predicted molar refractivity (Wildman–Crippen MR) is 71.9 cm³/mol. The Balaban J connectivity index is 1.99. The summed E-state index contributed by atoms with van der Waals surface area (Å²) in [6.45, 7) is 1.40. The number of rotatable bonds is 1. The minimum atomic E-state index is -0.483. The Morgan fingerprint density at radius 2 is 2.11 bits per heavy atom. The van der Waals surface area contributed by atoms with Crippen molar-refractivity contribution in [2.75, 3.05) is 20.3 Å². The van der Waals surface area contributed by atoms with Crippen LogP contribution in [0.25, 0.3) is 0 Å². The molecule has 2 bridgehead atoms. The van der Waals surface area contributed by atoms with Crippen LogP contribution < -0.4 is 0 Å². The van der Waals surface area contributed by atoms with E-state index in [1.54, 1.807) is 12.4 Å². The van der Waals surface area contributed by atoms with E-state index in [-0.39, 0.29) is 0 Å². The Morgan fingerprint density at radius 1 is 1.42 bits per heavy atom. The molecule has 1 aromatic rings. The minimum absolute atomic E-state index is 0.297. The molecule has 2 atom stereocenters. The molecular weight excluding hydrogens is 262 g/mol. The first-order chi connectivity index (χ1) is 9.14. The third-order valence-electron chi connectivity index (χ3n) is 4.41. The second kappa shape index (κ2) is 4.75. The lowest BCUT2D eigenvalue weighted by Crippen LogP contribution is -2.58. The molecule has 4 nitrogen and oxygen atoms in total. The molecule has 2 fully saturated rings. The van der Waals surface area contributed by atoms with Gasteiger partial charge in [-0.1, -0.05) is 11.6 Å². The van der Waals surface area contributed by atoms with Crippen molar-refractivity contribution in [3.05, 3.63) is 29.0 Å². The second-order valence-electron chi connectivity index (χ2n) is 5.50. The molecule has 0 radical (unpaired) electrons. The second-order valence-corrected chi connectivity index (χ2v) is 5.94. The summed E-state index contributed by atoms with van der Waals surface area (Å²) < 4.78 is 5.61. The van der Waals surface area contributed by atoms with Crippen LogP contribution in [0.5, 0.6) is 0 Å². The molecule has 3 heterocycles. The fourth-order valence-electron chi connectivity index (χ4n) is 3.23. The number of ether oxygens (including phenoxy) is 1. The molecule has 2 aliphatic heterocycles. The molecule has 0 spiro atoms. The number of piperidine rings is 1. The Labute approximate surface area is 117 Å². The fraction of sp³-hybridized carbons (Fsp3) is 0.571. The molecule has 1 aromatic heterocycles. The van der Waals surface area contributed by atoms with Gasteiger partial charge in [0.05, 0.1) is 29.7 Å². The lowest BCUT2D eigenvalue weighted by molar-refractivity contribution is -0.0743. The normalized spacial score (nSPS) is 34.8. The largest absolute Gasteiger partial charge is 0.378 e. The summed E-state index contributed by atoms with van der Waals surface area (Å²) in [6, 6.07) is 5.00. The van der Waals surface area contributed by atoms with Gasteiger partial charge in [-0.25, -0.2) is 0 Å². The molecule has 2 saturated heterocycles. The third-order valence-corrected chi connectivity index (χ3v) is 4.62. The van der Waals surface area contributed by atoms with Crippen LogP contribution in [0, 0.1) is 11.3 Å². The monoisotopic (exact) mass is 277 g/mol. The van der Waals surface area contributed by atoms with Crippen molar-refractivity contribution in [2.45, 2.75) is 30.3 Å². The number of aromatic nitrogens is 1. The molecule has 3 rings (SSSR count). The number of hydrogen-bond donors (Lipinski definition) is 0. The fourth-order valence-corrected chi connectivity index (χ4v) is 3.41. The maximum Gasteiger partial charge on any atom is 0.0869 e. The molecule has 0 saturated carbocycles. The maximum atomic E-state index is 9.75. The summed E-state index contributed by atoms with van der Waals surface area (Å²) in [5.41, 5.74) is 0.455. The molecule has 100 valence electrons. The highest BCUT2D eigenvalue weighted by Crippen LogP contribution is 2.42. The van der Waals surface area contributed by atoms with Crippen LogP contribution in [0.3, 0.4) is 0 Å². The summed E-state index contributed by atoms with van der Waals surface area (Å²) in [5.74, 6) is 0. The van der Waals surface area contributed by atoms with Gasteiger partial charge in [0.15, 0.2) is 0 Å². The zero-order valence-corrected chi connectivity index (χ0v) is 11.6. The van der Waals surface area contributed by atoms with Gasteiger partial charge in [0.2, 0.25) is 0 Å². The van der Waals surface area contributed by atoms with E-state index < -0.39 is 5.41 Å². The van der Waals surface area contributed by atoms with Gasteiger partial charge in [0, 0.05) is 24.5 Å². The molecule has 19 heavy (non-hydrogen) atoms. The van der Waals surface area contributed by atoms with Gasteiger partial charge >= 0.3 is 0 Å². The number of hydrogen-bond acceptors (Lipinski definition) is 4. The van der Waals surface area contributed by atoms with Gasteiger partial charge in [0.25, 0.3) is 0 Å². The topological polar surface area (TPSA) is 49.1 Å². The van der Waals surface area contributed by atoms with Gasteiger partial charge in [0.1, 0.15) is 0 Å². The van der Waals surface area contributed by atoms with E-state index in [9.17, 15) is 5.26 Å². The Kier molecular flexibility index (Phi) is 3.22. The van der Waals surface area contributed by atoms with Crippen molar-refractivity contribution >= 4 is 11.6 Å². The van der Waals surface area contributed by atoms with Crippen molar-refractivity contribution in [1.82, 2.24) is 9.88 Å². The van der Waals surface area contributed by atoms with Crippen LogP contribution in [-0.4, -0.2) is 42.2 Å². The molecule has 0 aromatic carbocycles. The summed E-state index contributed by atoms with van der Waals surface area (Å²) in [5, 5.41) is 10.3. The molecule has 0 aliphatic carbocycles. The molecule has 0 N–H and O–H groups in total. The quantitative estimate of drug-likeness (QED) is 0.788. The van der Waals surface area contributed by atoms with Gasteiger partial charge in [-0.05, 0) is 31.5 Å². The highest BCUT2D eigenvalue weighted by Gasteiger charge is 2.47. The standard InChI is InChI=1S/C14H16ClN3O/c1-18-12-3-14(9-16,4-13(18)8-19-7-12)10-2-11(15)6-17-5-10/h2,5-6,12-13H,3-4,7-8H2,1H3. The van der Waals surface area contributed by atoms with Crippen LogP contribution in [0.15, 0.2) is 18.5 Å². The average Bonchev–Trinajstić information content (AvgIpc) is 2.39. The first-order valence-corrected chi connectivity index (χ1v) is 6.84. The van der Waals surface area contributed by atoms with Crippen LogP contribution in [-0.2, 0) is 10.2 Å². The molecule has 5 heteroatoms. The zero-order valence-electron chi connectivity index (χ0n) is 10.8. The first-order valence-electron chi connectivity index (χ1n) is 6.46. The van der Waals surface area contributed by atoms with Crippen molar-refractivity contribution < 1.29 is 4.74 Å². The molecule has 2 unspecified atom stereocenters. The van der Waals surface area contributed by atoms with Gasteiger partial charge in [-0.2, -0.15) is 5.26 Å². The van der Waals surface area contributed by atoms with Crippen molar-refractivity contribution in [3.8, 4) is 6.07 Å². The van der Waals surface area contributed by atoms with E-state index in [4.69, 9.17) is 16.3 Å². The Hall–Kier alpha value is -1.15. The van der Waals surface area contributed by atoms with E-state index >= 15 is 0 Å². The SMILES string of the molecule is CN1C2COCC1CC(C#N)(c1cncc(Cl)c1)C2. The summed E-state index contributed by atoms with van der Waals surface area (Å²) in [7, 11) is 2.12. The van der Waals surface area contributed by atoms with Crippen LogP contribution >= 0.6 is 11.6 Å². The van der Waals surface area contributed by atoms with E-state index in [1.165, 1.54) is 0 Å². The number of morpholine rings is 1. The number of nitriles is 1. The van der Waals surface area contributed by atoms with Gasteiger partial charge in [-0.15, -0.1) is 0 Å². The number of halogens is 1. The maximum absolute atomic E-state index is 9.75. The van der Waals surface area contributed by atoms with Crippen LogP contribution in [0.1, 0.15) is 18.4 Å². The van der Waals surface area contributed by atoms with E-state index in [2.05, 4.69) is 23.0 Å². The highest BCUT2D eigenvalue weighted by atomic mass is 35.5. The lowest BCUT2D eigenvalue weighted by Gasteiger charge is -2.49. The highest BCUT2D eigenvalue weighted by molar-refractivity contribution is 6.30. The summed E-state index contributed by atoms with van der Waals surface area (Å²) in [6.07, 6.45) is 4.93. The minimum Gasteiger partial charge on any atom is -0.378 e. The third kappa shape index (κ3) is 2.12. The smallest absolute Gasteiger partial charge is 0.0869 e. The summed E-state index contributed by atoms with van der Waals surface area (Å²) >= 11 is 6.03. The Morgan fingerprint density at radius 3 is 2.68 bits per heavy atom. The zero-order chi connectivity index (χ0) is 13.5. The predicted octanol–water partition coefficient (Wildman–Crippen LogP) is 1.99. The average molecular weight is 278 g/mol. The number of likely N-dealkylation sites (N-methyl/N-ethyl adjacent to an activating group) is 1. The van der Waals surface area contributed by atoms with E-state index in [0.29, 0.717) is 30.3 Å². The van der Waals surface area contributed by atoms with Crippen molar-refractivity contribution in [3.63, 3.8) is 0 Å². The molecule has 0 amide bonds. The molecule has 2 aliphatic rings. The summed E-state index contributed by atoms with van der Waals surface area (Å²) in [4.78, 5) is 6.48. The van der Waals surface area contributed by atoms with E-state index in [1.807, 2.05) is 6.07 Å². The Bertz CT molecular complexity index is 514. The van der Waals surface area contributed by atoms with Crippen LogP contribution in [0.4, 0.5) is 0 Å². The number of fused-ring (bicyclic) bond motifs is 2. The first kappa shape index (κ1) is 12.9. The van der Waals surface area contributed by atoms with Crippen LogP contribution in [0.2, 0.25) is 5.02 Å². The number of pyridine rings is 1. The number of nitrogens with zero attached hydrogens (tertiary/aromatic N) is 3. The van der Waals surface area contributed by atoms with Gasteiger partial charge in [-0.3, -0.25) is 9.88 Å². The lowest BCUT2D eigenvalue weighted by atomic mass is 9.69. The van der Waals surface area contributed by atoms with E-state index in [0.717, 1.165) is 18.4 Å². The molecular formula is C14H16ClN3O. The van der Waals surface area contributed by atoms with Gasteiger partial charge < -0.3 is 4.74 Å².